The summed E-state index contributed by atoms with van der Waals surface area (Å²) in [5.41, 5.74) is 8.67. The molecular formula is C13H17N3O. The molecule has 0 radical (unpaired) electrons. The van der Waals surface area contributed by atoms with Crippen molar-refractivity contribution in [1.82, 2.24) is 9.55 Å². The average molecular weight is 231 g/mol. The predicted octanol–water partition coefficient (Wildman–Crippen LogP) is 1.96. The van der Waals surface area contributed by atoms with Gasteiger partial charge in [0.25, 0.3) is 0 Å². The van der Waals surface area contributed by atoms with Crippen LogP contribution in [-0.2, 0) is 6.54 Å². The summed E-state index contributed by atoms with van der Waals surface area (Å²) in [4.78, 5) is 4.39. The highest BCUT2D eigenvalue weighted by molar-refractivity contribution is 5.49. The fraction of sp³-hybridized carbons (Fsp3) is 0.308. The third kappa shape index (κ3) is 2.17. The maximum absolute atomic E-state index is 5.60. The molecule has 0 unspecified atom stereocenters. The largest absolute Gasteiger partial charge is 0.495 e. The Kier molecular flexibility index (Phi) is 3.15. The van der Waals surface area contributed by atoms with E-state index in [1.165, 1.54) is 5.56 Å². The highest BCUT2D eigenvalue weighted by atomic mass is 16.5. The van der Waals surface area contributed by atoms with E-state index < -0.39 is 0 Å². The van der Waals surface area contributed by atoms with Gasteiger partial charge in [-0.15, -0.1) is 0 Å². The predicted molar refractivity (Wildman–Crippen MR) is 67.5 cm³/mol. The fourth-order valence-corrected chi connectivity index (χ4v) is 1.86. The first-order chi connectivity index (χ1) is 8.15. The standard InChI is InChI=1S/C13H17N3O/c1-9-4-5-13(17-3)12(6-9)16-8-11(7-14)15-10(16)2/h4-6,8H,7,14H2,1-3H3. The number of nitrogens with two attached hydrogens (primary N) is 1. The quantitative estimate of drug-likeness (QED) is 0.878. The molecule has 0 fully saturated rings. The molecule has 2 aromatic rings. The molecule has 0 bridgehead atoms. The molecule has 0 saturated carbocycles. The number of rotatable bonds is 3. The number of nitrogens with zero attached hydrogens (tertiary/aromatic N) is 2. The third-order valence-corrected chi connectivity index (χ3v) is 2.74. The van der Waals surface area contributed by atoms with Gasteiger partial charge in [-0.2, -0.15) is 0 Å². The van der Waals surface area contributed by atoms with Crippen LogP contribution in [0.15, 0.2) is 24.4 Å². The van der Waals surface area contributed by atoms with Crippen LogP contribution in [0.25, 0.3) is 5.69 Å². The van der Waals surface area contributed by atoms with Gasteiger partial charge in [-0.1, -0.05) is 6.07 Å². The Balaban J connectivity index is 2.58. The van der Waals surface area contributed by atoms with Crippen molar-refractivity contribution >= 4 is 0 Å². The Labute approximate surface area is 101 Å². The lowest BCUT2D eigenvalue weighted by molar-refractivity contribution is 0.412. The van der Waals surface area contributed by atoms with Crippen LogP contribution < -0.4 is 10.5 Å². The minimum absolute atomic E-state index is 0.446. The molecule has 0 amide bonds. The molecule has 1 heterocycles. The van der Waals surface area contributed by atoms with Crippen molar-refractivity contribution in [1.29, 1.82) is 0 Å². The summed E-state index contributed by atoms with van der Waals surface area (Å²) < 4.78 is 7.38. The molecule has 4 heteroatoms. The lowest BCUT2D eigenvalue weighted by atomic mass is 10.2. The normalized spacial score (nSPS) is 10.6. The molecule has 0 spiro atoms. The topological polar surface area (TPSA) is 53.1 Å². The van der Waals surface area contributed by atoms with Gasteiger partial charge in [0, 0.05) is 12.7 Å². The fourth-order valence-electron chi connectivity index (χ4n) is 1.86. The first-order valence-electron chi connectivity index (χ1n) is 5.55. The summed E-state index contributed by atoms with van der Waals surface area (Å²) in [5, 5.41) is 0. The number of hydrogen-bond acceptors (Lipinski definition) is 3. The summed E-state index contributed by atoms with van der Waals surface area (Å²) >= 11 is 0. The van der Waals surface area contributed by atoms with Crippen molar-refractivity contribution < 1.29 is 4.74 Å². The van der Waals surface area contributed by atoms with Gasteiger partial charge >= 0.3 is 0 Å². The second kappa shape index (κ2) is 4.59. The number of aryl methyl sites for hydroxylation is 2. The number of ether oxygens (including phenoxy) is 1. The third-order valence-electron chi connectivity index (χ3n) is 2.74. The molecule has 0 aliphatic heterocycles. The molecule has 1 aromatic heterocycles. The van der Waals surface area contributed by atoms with E-state index >= 15 is 0 Å². The Morgan fingerprint density at radius 2 is 2.12 bits per heavy atom. The zero-order valence-corrected chi connectivity index (χ0v) is 10.4. The molecule has 0 atom stereocenters. The van der Waals surface area contributed by atoms with Crippen LogP contribution in [0.4, 0.5) is 0 Å². The lowest BCUT2D eigenvalue weighted by Crippen LogP contribution is -1.99. The zero-order valence-electron chi connectivity index (χ0n) is 10.4. The van der Waals surface area contributed by atoms with E-state index in [0.29, 0.717) is 6.54 Å². The monoisotopic (exact) mass is 231 g/mol. The van der Waals surface area contributed by atoms with Gasteiger partial charge in [-0.05, 0) is 31.5 Å². The van der Waals surface area contributed by atoms with E-state index in [2.05, 4.69) is 18.0 Å². The lowest BCUT2D eigenvalue weighted by Gasteiger charge is -2.11. The Hall–Kier alpha value is -1.81. The highest BCUT2D eigenvalue weighted by Crippen LogP contribution is 2.25. The van der Waals surface area contributed by atoms with Crippen LogP contribution in [0.1, 0.15) is 17.1 Å². The Bertz CT molecular complexity index is 531. The van der Waals surface area contributed by atoms with Crippen LogP contribution in [0, 0.1) is 13.8 Å². The van der Waals surface area contributed by atoms with Crippen LogP contribution in [0.3, 0.4) is 0 Å². The number of benzene rings is 1. The average Bonchev–Trinajstić information content (AvgIpc) is 2.70. The minimum atomic E-state index is 0.446. The summed E-state index contributed by atoms with van der Waals surface area (Å²) in [6.45, 7) is 4.46. The van der Waals surface area contributed by atoms with Gasteiger partial charge in [-0.3, -0.25) is 0 Å². The van der Waals surface area contributed by atoms with Crippen molar-refractivity contribution in [3.05, 3.63) is 41.5 Å². The molecule has 2 N–H and O–H groups in total. The maximum atomic E-state index is 5.60. The SMILES string of the molecule is COc1ccc(C)cc1-n1cc(CN)nc1C. The molecule has 17 heavy (non-hydrogen) atoms. The Morgan fingerprint density at radius 3 is 2.71 bits per heavy atom. The molecule has 2 rings (SSSR count). The van der Waals surface area contributed by atoms with Crippen molar-refractivity contribution in [2.75, 3.05) is 7.11 Å². The van der Waals surface area contributed by atoms with Crippen LogP contribution in [0.5, 0.6) is 5.75 Å². The number of imidazole rings is 1. The first-order valence-corrected chi connectivity index (χ1v) is 5.55. The summed E-state index contributed by atoms with van der Waals surface area (Å²) in [5.74, 6) is 1.74. The number of methoxy groups -OCH3 is 1. The second-order valence-corrected chi connectivity index (χ2v) is 4.03. The van der Waals surface area contributed by atoms with E-state index in [0.717, 1.165) is 23.0 Å². The molecular weight excluding hydrogens is 214 g/mol. The van der Waals surface area contributed by atoms with E-state index in [9.17, 15) is 0 Å². The van der Waals surface area contributed by atoms with Gasteiger partial charge in [-0.25, -0.2) is 4.98 Å². The van der Waals surface area contributed by atoms with E-state index in [-0.39, 0.29) is 0 Å². The minimum Gasteiger partial charge on any atom is -0.495 e. The van der Waals surface area contributed by atoms with Crippen LogP contribution >= 0.6 is 0 Å². The molecule has 90 valence electrons. The number of hydrogen-bond donors (Lipinski definition) is 1. The molecule has 4 nitrogen and oxygen atoms in total. The van der Waals surface area contributed by atoms with Gasteiger partial charge in [0.2, 0.25) is 0 Å². The molecule has 0 aliphatic rings. The van der Waals surface area contributed by atoms with Crippen molar-refractivity contribution in [2.45, 2.75) is 20.4 Å². The van der Waals surface area contributed by atoms with Gasteiger partial charge in [0.05, 0.1) is 18.5 Å². The van der Waals surface area contributed by atoms with E-state index in [1.54, 1.807) is 7.11 Å². The van der Waals surface area contributed by atoms with Gasteiger partial charge < -0.3 is 15.0 Å². The van der Waals surface area contributed by atoms with Crippen LogP contribution in [0.2, 0.25) is 0 Å². The number of aromatic nitrogens is 2. The first kappa shape index (κ1) is 11.7. The summed E-state index contributed by atoms with van der Waals surface area (Å²) in [6, 6.07) is 6.07. The van der Waals surface area contributed by atoms with Crippen molar-refractivity contribution in [3.8, 4) is 11.4 Å². The van der Waals surface area contributed by atoms with E-state index in [4.69, 9.17) is 10.5 Å². The Morgan fingerprint density at radius 1 is 1.35 bits per heavy atom. The molecule has 0 aliphatic carbocycles. The van der Waals surface area contributed by atoms with Crippen molar-refractivity contribution in [3.63, 3.8) is 0 Å². The molecule has 1 aromatic carbocycles. The van der Waals surface area contributed by atoms with Crippen molar-refractivity contribution in [2.24, 2.45) is 5.73 Å². The van der Waals surface area contributed by atoms with E-state index in [1.807, 2.05) is 29.8 Å². The van der Waals surface area contributed by atoms with Gasteiger partial charge in [0.15, 0.2) is 0 Å². The summed E-state index contributed by atoms with van der Waals surface area (Å²) in [6.07, 6.45) is 1.95. The summed E-state index contributed by atoms with van der Waals surface area (Å²) in [7, 11) is 1.67. The zero-order chi connectivity index (χ0) is 12.4. The smallest absolute Gasteiger partial charge is 0.142 e. The van der Waals surface area contributed by atoms with Gasteiger partial charge in [0.1, 0.15) is 11.6 Å². The maximum Gasteiger partial charge on any atom is 0.142 e. The second-order valence-electron chi connectivity index (χ2n) is 4.03. The molecule has 0 saturated heterocycles. The van der Waals surface area contributed by atoms with Crippen LogP contribution in [-0.4, -0.2) is 16.7 Å². The highest BCUT2D eigenvalue weighted by Gasteiger charge is 2.09.